The van der Waals surface area contributed by atoms with Gasteiger partial charge in [-0.2, -0.15) is 15.0 Å². The molecule has 1 saturated carbocycles. The Kier molecular flexibility index (Phi) is 5.17. The Morgan fingerprint density at radius 1 is 1.14 bits per heavy atom. The Labute approximate surface area is 126 Å². The summed E-state index contributed by atoms with van der Waals surface area (Å²) in [4.78, 5) is 15.1. The number of anilines is 2. The summed E-state index contributed by atoms with van der Waals surface area (Å²) in [6.07, 6.45) is 4.97. The van der Waals surface area contributed by atoms with E-state index in [0.717, 1.165) is 6.54 Å². The highest BCUT2D eigenvalue weighted by atomic mass is 16.5. The summed E-state index contributed by atoms with van der Waals surface area (Å²) in [5.74, 6) is 1.08. The maximum Gasteiger partial charge on any atom is 0.323 e. The number of nitrogens with zero attached hydrogens (tertiary/aromatic N) is 4. The Balaban J connectivity index is 2.09. The molecule has 0 amide bonds. The van der Waals surface area contributed by atoms with Crippen LogP contribution < -0.4 is 15.4 Å². The van der Waals surface area contributed by atoms with Gasteiger partial charge in [-0.25, -0.2) is 0 Å². The molecule has 1 aromatic rings. The molecule has 1 aromatic heterocycles. The average Bonchev–Trinajstić information content (AvgIpc) is 2.95. The van der Waals surface area contributed by atoms with Crippen molar-refractivity contribution in [2.24, 2.45) is 0 Å². The minimum atomic E-state index is 0.193. The Bertz CT molecular complexity index is 459. The van der Waals surface area contributed by atoms with Gasteiger partial charge in [-0.15, -0.1) is 0 Å². The van der Waals surface area contributed by atoms with Crippen LogP contribution in [0.2, 0.25) is 0 Å². The van der Waals surface area contributed by atoms with E-state index in [-0.39, 0.29) is 5.54 Å². The van der Waals surface area contributed by atoms with Crippen LogP contribution in [0.3, 0.4) is 0 Å². The minimum Gasteiger partial charge on any atom is -0.464 e. The molecule has 7 heteroatoms. The molecule has 0 aliphatic heterocycles. The predicted molar refractivity (Wildman–Crippen MR) is 83.9 cm³/mol. The van der Waals surface area contributed by atoms with Crippen LogP contribution in [0.1, 0.15) is 32.6 Å². The molecule has 0 unspecified atom stereocenters. The monoisotopic (exact) mass is 294 g/mol. The molecule has 1 heterocycles. The molecule has 7 nitrogen and oxygen atoms in total. The van der Waals surface area contributed by atoms with Gasteiger partial charge in [-0.05, 0) is 33.9 Å². The van der Waals surface area contributed by atoms with Crippen molar-refractivity contribution in [2.45, 2.75) is 38.1 Å². The van der Waals surface area contributed by atoms with Crippen LogP contribution in [0, 0.1) is 0 Å². The number of ether oxygens (including phenoxy) is 1. The Morgan fingerprint density at radius 2 is 1.81 bits per heavy atom. The Morgan fingerprint density at radius 3 is 2.38 bits per heavy atom. The highest BCUT2D eigenvalue weighted by Gasteiger charge is 2.35. The molecule has 0 atom stereocenters. The molecule has 1 aliphatic rings. The van der Waals surface area contributed by atoms with E-state index in [4.69, 9.17) is 4.74 Å². The van der Waals surface area contributed by atoms with Crippen LogP contribution in [0.5, 0.6) is 6.01 Å². The largest absolute Gasteiger partial charge is 0.464 e. The van der Waals surface area contributed by atoms with Gasteiger partial charge in [0.05, 0.1) is 6.61 Å². The van der Waals surface area contributed by atoms with Crippen molar-refractivity contribution in [3.05, 3.63) is 0 Å². The fraction of sp³-hybridized carbons (Fsp3) is 0.786. The van der Waals surface area contributed by atoms with E-state index >= 15 is 0 Å². The van der Waals surface area contributed by atoms with Gasteiger partial charge in [0.15, 0.2) is 0 Å². The highest BCUT2D eigenvalue weighted by molar-refractivity contribution is 5.35. The van der Waals surface area contributed by atoms with E-state index in [1.54, 1.807) is 7.05 Å². The van der Waals surface area contributed by atoms with Crippen LogP contribution >= 0.6 is 0 Å². The van der Waals surface area contributed by atoms with Crippen molar-refractivity contribution in [1.29, 1.82) is 0 Å². The van der Waals surface area contributed by atoms with Crippen molar-refractivity contribution in [3.63, 3.8) is 0 Å². The summed E-state index contributed by atoms with van der Waals surface area (Å²) in [5.41, 5.74) is 0.193. The lowest BCUT2D eigenvalue weighted by atomic mass is 9.96. The number of nitrogens with one attached hydrogen (secondary N) is 2. The quantitative estimate of drug-likeness (QED) is 0.791. The van der Waals surface area contributed by atoms with E-state index in [2.05, 4.69) is 44.6 Å². The highest BCUT2D eigenvalue weighted by Crippen LogP contribution is 2.33. The first-order valence-electron chi connectivity index (χ1n) is 7.57. The number of hydrogen-bond acceptors (Lipinski definition) is 7. The molecule has 1 aliphatic carbocycles. The summed E-state index contributed by atoms with van der Waals surface area (Å²) in [6.45, 7) is 3.28. The van der Waals surface area contributed by atoms with Gasteiger partial charge < -0.3 is 20.3 Å². The fourth-order valence-corrected chi connectivity index (χ4v) is 2.80. The molecule has 0 radical (unpaired) electrons. The molecule has 1 fully saturated rings. The zero-order valence-electron chi connectivity index (χ0n) is 13.4. The standard InChI is InChI=1S/C14H26N6O/c1-5-21-13-18-11(15-2)17-12(19-13)16-10-14(20(3)4)8-6-7-9-14/h5-10H2,1-4H3,(H2,15,16,17,18,19). The first-order chi connectivity index (χ1) is 10.1. The zero-order chi connectivity index (χ0) is 15.3. The third kappa shape index (κ3) is 3.72. The summed E-state index contributed by atoms with van der Waals surface area (Å²) in [7, 11) is 6.07. The van der Waals surface area contributed by atoms with Gasteiger partial charge in [0.1, 0.15) is 0 Å². The summed E-state index contributed by atoms with van der Waals surface area (Å²) >= 11 is 0. The van der Waals surface area contributed by atoms with Gasteiger partial charge >= 0.3 is 6.01 Å². The summed E-state index contributed by atoms with van der Waals surface area (Å²) in [5, 5.41) is 6.29. The smallest absolute Gasteiger partial charge is 0.323 e. The fourth-order valence-electron chi connectivity index (χ4n) is 2.80. The summed E-state index contributed by atoms with van der Waals surface area (Å²) in [6, 6.07) is 0.352. The topological polar surface area (TPSA) is 75.2 Å². The lowest BCUT2D eigenvalue weighted by molar-refractivity contribution is 0.172. The first-order valence-corrected chi connectivity index (χ1v) is 7.57. The molecule has 0 bridgehead atoms. The van der Waals surface area contributed by atoms with E-state index < -0.39 is 0 Å². The SMILES string of the molecule is CCOc1nc(NC)nc(NCC2(N(C)C)CCCC2)n1. The zero-order valence-corrected chi connectivity index (χ0v) is 13.4. The van der Waals surface area contributed by atoms with Crippen LogP contribution in [-0.2, 0) is 0 Å². The molecule has 0 saturated heterocycles. The van der Waals surface area contributed by atoms with Crippen molar-refractivity contribution in [2.75, 3.05) is 44.9 Å². The van der Waals surface area contributed by atoms with Gasteiger partial charge in [0.2, 0.25) is 11.9 Å². The van der Waals surface area contributed by atoms with Crippen molar-refractivity contribution >= 4 is 11.9 Å². The molecular formula is C14H26N6O. The van der Waals surface area contributed by atoms with Crippen LogP contribution in [0.15, 0.2) is 0 Å². The molecule has 0 spiro atoms. The number of aromatic nitrogens is 3. The minimum absolute atomic E-state index is 0.193. The molecule has 2 rings (SSSR count). The van der Waals surface area contributed by atoms with Crippen molar-refractivity contribution < 1.29 is 4.74 Å². The lowest BCUT2D eigenvalue weighted by Crippen LogP contribution is -2.47. The maximum atomic E-state index is 5.38. The molecule has 0 aromatic carbocycles. The third-order valence-electron chi connectivity index (χ3n) is 4.17. The average molecular weight is 294 g/mol. The van der Waals surface area contributed by atoms with E-state index in [9.17, 15) is 0 Å². The number of hydrogen-bond donors (Lipinski definition) is 2. The van der Waals surface area contributed by atoms with Gasteiger partial charge in [-0.3, -0.25) is 0 Å². The molecule has 118 valence electrons. The van der Waals surface area contributed by atoms with Gasteiger partial charge in [0.25, 0.3) is 0 Å². The summed E-state index contributed by atoms with van der Waals surface area (Å²) < 4.78 is 5.38. The number of likely N-dealkylation sites (N-methyl/N-ethyl adjacent to an activating group) is 1. The lowest BCUT2D eigenvalue weighted by Gasteiger charge is -2.36. The number of rotatable bonds is 7. The van der Waals surface area contributed by atoms with Gasteiger partial charge in [0, 0.05) is 19.1 Å². The molecule has 2 N–H and O–H groups in total. The second-order valence-corrected chi connectivity index (χ2v) is 5.63. The first kappa shape index (κ1) is 15.8. The van der Waals surface area contributed by atoms with Crippen molar-refractivity contribution in [3.8, 4) is 6.01 Å². The van der Waals surface area contributed by atoms with Gasteiger partial charge in [-0.1, -0.05) is 12.8 Å². The normalized spacial score (nSPS) is 17.0. The van der Waals surface area contributed by atoms with Crippen LogP contribution in [-0.4, -0.2) is 59.7 Å². The second-order valence-electron chi connectivity index (χ2n) is 5.63. The van der Waals surface area contributed by atoms with E-state index in [1.165, 1.54) is 25.7 Å². The molecule has 21 heavy (non-hydrogen) atoms. The third-order valence-corrected chi connectivity index (χ3v) is 4.17. The second kappa shape index (κ2) is 6.89. The van der Waals surface area contributed by atoms with E-state index in [1.807, 2.05) is 6.92 Å². The van der Waals surface area contributed by atoms with Crippen molar-refractivity contribution in [1.82, 2.24) is 19.9 Å². The Hall–Kier alpha value is -1.63. The van der Waals surface area contributed by atoms with Crippen LogP contribution in [0.4, 0.5) is 11.9 Å². The predicted octanol–water partition coefficient (Wildman–Crippen LogP) is 1.60. The molecular weight excluding hydrogens is 268 g/mol. The maximum absolute atomic E-state index is 5.38. The van der Waals surface area contributed by atoms with E-state index in [0.29, 0.717) is 24.5 Å². The van der Waals surface area contributed by atoms with Crippen LogP contribution in [0.25, 0.3) is 0 Å².